The highest BCUT2D eigenvalue weighted by Gasteiger charge is 2.05. The Hall–Kier alpha value is -0.380. The Morgan fingerprint density at radius 3 is 2.92 bits per heavy atom. The molecule has 0 bridgehead atoms. The van der Waals surface area contributed by atoms with Crippen LogP contribution in [0.4, 0.5) is 0 Å². The smallest absolute Gasteiger partial charge is 0.0696 e. The number of thiophene rings is 1. The standard InChI is InChI=1S/C10H9BrOS/c1-6-2-10-8(3-9(6)11)7(4-12)5-13-10/h2-3,5,12H,4H2,1H3. The van der Waals surface area contributed by atoms with Crippen LogP contribution in [0.3, 0.4) is 0 Å². The van der Waals surface area contributed by atoms with Crippen LogP contribution in [-0.2, 0) is 6.61 Å². The molecule has 13 heavy (non-hydrogen) atoms. The SMILES string of the molecule is Cc1cc2scc(CO)c2cc1Br. The second-order valence-electron chi connectivity index (χ2n) is 3.02. The summed E-state index contributed by atoms with van der Waals surface area (Å²) in [6.07, 6.45) is 0. The topological polar surface area (TPSA) is 20.2 Å². The van der Waals surface area contributed by atoms with Gasteiger partial charge in [0.25, 0.3) is 0 Å². The maximum Gasteiger partial charge on any atom is 0.0696 e. The van der Waals surface area contributed by atoms with Crippen molar-refractivity contribution in [2.24, 2.45) is 0 Å². The second kappa shape index (κ2) is 3.40. The van der Waals surface area contributed by atoms with Crippen LogP contribution in [0.1, 0.15) is 11.1 Å². The fourth-order valence-electron chi connectivity index (χ4n) is 1.32. The highest BCUT2D eigenvalue weighted by molar-refractivity contribution is 9.10. The molecule has 1 N–H and O–H groups in total. The lowest BCUT2D eigenvalue weighted by molar-refractivity contribution is 0.284. The zero-order chi connectivity index (χ0) is 9.42. The molecule has 0 aliphatic rings. The van der Waals surface area contributed by atoms with Gasteiger partial charge in [0, 0.05) is 9.17 Å². The van der Waals surface area contributed by atoms with Gasteiger partial charge in [0.15, 0.2) is 0 Å². The van der Waals surface area contributed by atoms with Crippen molar-refractivity contribution >= 4 is 37.4 Å². The number of fused-ring (bicyclic) bond motifs is 1. The molecule has 0 amide bonds. The molecule has 68 valence electrons. The quantitative estimate of drug-likeness (QED) is 0.829. The van der Waals surface area contributed by atoms with E-state index in [2.05, 4.69) is 35.0 Å². The zero-order valence-corrected chi connectivity index (χ0v) is 9.58. The Bertz CT molecular complexity index is 447. The molecular weight excluding hydrogens is 248 g/mol. The van der Waals surface area contributed by atoms with E-state index < -0.39 is 0 Å². The first kappa shape index (κ1) is 9.19. The molecule has 3 heteroatoms. The van der Waals surface area contributed by atoms with E-state index in [-0.39, 0.29) is 6.61 Å². The average molecular weight is 257 g/mol. The van der Waals surface area contributed by atoms with Gasteiger partial charge in [0.05, 0.1) is 6.61 Å². The Morgan fingerprint density at radius 1 is 1.46 bits per heavy atom. The first-order valence-corrected chi connectivity index (χ1v) is 5.66. The number of aryl methyl sites for hydroxylation is 1. The number of aliphatic hydroxyl groups excluding tert-OH is 1. The minimum atomic E-state index is 0.121. The van der Waals surface area contributed by atoms with Crippen LogP contribution in [-0.4, -0.2) is 5.11 Å². The van der Waals surface area contributed by atoms with Crippen LogP contribution in [0, 0.1) is 6.92 Å². The van der Waals surface area contributed by atoms with Crippen molar-refractivity contribution in [2.45, 2.75) is 13.5 Å². The normalized spacial score (nSPS) is 11.0. The zero-order valence-electron chi connectivity index (χ0n) is 7.17. The summed E-state index contributed by atoms with van der Waals surface area (Å²) in [4.78, 5) is 0. The molecule has 2 rings (SSSR count). The monoisotopic (exact) mass is 256 g/mol. The molecule has 0 aliphatic carbocycles. The van der Waals surface area contributed by atoms with Crippen LogP contribution in [0.25, 0.3) is 10.1 Å². The number of hydrogen-bond acceptors (Lipinski definition) is 2. The van der Waals surface area contributed by atoms with Crippen molar-refractivity contribution in [3.8, 4) is 0 Å². The average Bonchev–Trinajstić information content (AvgIpc) is 2.48. The van der Waals surface area contributed by atoms with E-state index in [1.807, 2.05) is 5.38 Å². The van der Waals surface area contributed by atoms with Crippen LogP contribution >= 0.6 is 27.3 Å². The molecule has 1 aromatic heterocycles. The van der Waals surface area contributed by atoms with Gasteiger partial charge >= 0.3 is 0 Å². The van der Waals surface area contributed by atoms with Crippen molar-refractivity contribution in [1.82, 2.24) is 0 Å². The van der Waals surface area contributed by atoms with Crippen molar-refractivity contribution < 1.29 is 5.11 Å². The lowest BCUT2D eigenvalue weighted by atomic mass is 10.1. The number of aliphatic hydroxyl groups is 1. The van der Waals surface area contributed by atoms with E-state index in [0.717, 1.165) is 15.4 Å². The minimum Gasteiger partial charge on any atom is -0.392 e. The highest BCUT2D eigenvalue weighted by Crippen LogP contribution is 2.30. The van der Waals surface area contributed by atoms with Crippen LogP contribution in [0.5, 0.6) is 0 Å². The lowest BCUT2D eigenvalue weighted by Crippen LogP contribution is -1.80. The summed E-state index contributed by atoms with van der Waals surface area (Å²) in [6, 6.07) is 4.22. The molecule has 1 heterocycles. The van der Waals surface area contributed by atoms with Gasteiger partial charge in [-0.15, -0.1) is 11.3 Å². The van der Waals surface area contributed by atoms with Gasteiger partial charge in [0.1, 0.15) is 0 Å². The van der Waals surface area contributed by atoms with Gasteiger partial charge in [-0.2, -0.15) is 0 Å². The molecule has 0 saturated carbocycles. The molecule has 0 radical (unpaired) electrons. The molecule has 2 aromatic rings. The Balaban J connectivity index is 2.77. The van der Waals surface area contributed by atoms with E-state index in [1.165, 1.54) is 10.3 Å². The number of hydrogen-bond donors (Lipinski definition) is 1. The summed E-state index contributed by atoms with van der Waals surface area (Å²) >= 11 is 5.17. The highest BCUT2D eigenvalue weighted by atomic mass is 79.9. The molecule has 0 unspecified atom stereocenters. The third-order valence-electron chi connectivity index (χ3n) is 2.11. The Morgan fingerprint density at radius 2 is 2.23 bits per heavy atom. The molecule has 0 spiro atoms. The first-order chi connectivity index (χ1) is 6.22. The minimum absolute atomic E-state index is 0.121. The van der Waals surface area contributed by atoms with Crippen LogP contribution in [0.2, 0.25) is 0 Å². The third-order valence-corrected chi connectivity index (χ3v) is 3.95. The second-order valence-corrected chi connectivity index (χ2v) is 4.78. The largest absolute Gasteiger partial charge is 0.392 e. The molecule has 1 aromatic carbocycles. The fraction of sp³-hybridized carbons (Fsp3) is 0.200. The van der Waals surface area contributed by atoms with E-state index in [1.54, 1.807) is 11.3 Å². The number of benzene rings is 1. The number of halogens is 1. The molecule has 0 atom stereocenters. The summed E-state index contributed by atoms with van der Waals surface area (Å²) in [5, 5.41) is 12.2. The predicted octanol–water partition coefficient (Wildman–Crippen LogP) is 3.46. The lowest BCUT2D eigenvalue weighted by Gasteiger charge is -1.99. The van der Waals surface area contributed by atoms with Gasteiger partial charge in [-0.25, -0.2) is 0 Å². The van der Waals surface area contributed by atoms with E-state index >= 15 is 0 Å². The Labute approximate surface area is 89.1 Å². The number of rotatable bonds is 1. The van der Waals surface area contributed by atoms with Crippen molar-refractivity contribution in [3.05, 3.63) is 33.1 Å². The summed E-state index contributed by atoms with van der Waals surface area (Å²) in [6.45, 7) is 2.19. The van der Waals surface area contributed by atoms with Crippen molar-refractivity contribution in [3.63, 3.8) is 0 Å². The van der Waals surface area contributed by atoms with Crippen molar-refractivity contribution in [1.29, 1.82) is 0 Å². The Kier molecular flexibility index (Phi) is 2.41. The third kappa shape index (κ3) is 1.52. The van der Waals surface area contributed by atoms with Crippen LogP contribution in [0.15, 0.2) is 22.0 Å². The molecule has 0 aliphatic heterocycles. The first-order valence-electron chi connectivity index (χ1n) is 3.99. The van der Waals surface area contributed by atoms with Crippen LogP contribution < -0.4 is 0 Å². The summed E-state index contributed by atoms with van der Waals surface area (Å²) in [5.41, 5.74) is 2.25. The molecule has 0 saturated heterocycles. The fourth-order valence-corrected chi connectivity index (χ4v) is 2.70. The maximum atomic E-state index is 9.08. The molecular formula is C10H9BrOS. The summed E-state index contributed by atoms with van der Waals surface area (Å²) in [7, 11) is 0. The van der Waals surface area contributed by atoms with Gasteiger partial charge in [-0.1, -0.05) is 15.9 Å². The van der Waals surface area contributed by atoms with E-state index in [4.69, 9.17) is 5.11 Å². The van der Waals surface area contributed by atoms with Gasteiger partial charge < -0.3 is 5.11 Å². The van der Waals surface area contributed by atoms with E-state index in [9.17, 15) is 0 Å². The van der Waals surface area contributed by atoms with Gasteiger partial charge in [0.2, 0.25) is 0 Å². The van der Waals surface area contributed by atoms with Gasteiger partial charge in [-0.05, 0) is 40.9 Å². The maximum absolute atomic E-state index is 9.08. The molecule has 1 nitrogen and oxygen atoms in total. The molecule has 0 fully saturated rings. The van der Waals surface area contributed by atoms with Gasteiger partial charge in [-0.3, -0.25) is 0 Å². The summed E-state index contributed by atoms with van der Waals surface area (Å²) < 4.78 is 2.35. The van der Waals surface area contributed by atoms with E-state index in [0.29, 0.717) is 0 Å². The van der Waals surface area contributed by atoms with Crippen molar-refractivity contribution in [2.75, 3.05) is 0 Å². The summed E-state index contributed by atoms with van der Waals surface area (Å²) in [5.74, 6) is 0. The predicted molar refractivity (Wildman–Crippen MR) is 60.2 cm³/mol.